The second-order valence-corrected chi connectivity index (χ2v) is 5.05. The number of fused-ring (bicyclic) bond motifs is 1. The van der Waals surface area contributed by atoms with Crippen molar-refractivity contribution in [1.29, 1.82) is 0 Å². The Kier molecular flexibility index (Phi) is 3.28. The van der Waals surface area contributed by atoms with E-state index in [2.05, 4.69) is 15.5 Å². The van der Waals surface area contributed by atoms with Gasteiger partial charge in [0.15, 0.2) is 0 Å². The lowest BCUT2D eigenvalue weighted by Crippen LogP contribution is -2.34. The van der Waals surface area contributed by atoms with Crippen LogP contribution in [0.2, 0.25) is 0 Å². The van der Waals surface area contributed by atoms with Crippen molar-refractivity contribution in [2.75, 3.05) is 0 Å². The summed E-state index contributed by atoms with van der Waals surface area (Å²) in [6, 6.07) is 9.16. The molecular formula is C15H17N3O2. The quantitative estimate of drug-likeness (QED) is 0.788. The number of aromatic nitrogens is 2. The maximum Gasteiger partial charge on any atom is 0.272 e. The van der Waals surface area contributed by atoms with Crippen molar-refractivity contribution >= 4 is 5.91 Å². The largest absolute Gasteiger partial charge is 0.390 e. The Bertz CT molecular complexity index is 636. The number of aliphatic hydroxyl groups is 1. The normalized spacial score (nSPS) is 20.7. The van der Waals surface area contributed by atoms with Crippen LogP contribution in [0, 0.1) is 0 Å². The molecule has 0 spiro atoms. The summed E-state index contributed by atoms with van der Waals surface area (Å²) in [4.78, 5) is 12.2. The lowest BCUT2D eigenvalue weighted by Gasteiger charge is -2.17. The molecule has 5 heteroatoms. The van der Waals surface area contributed by atoms with Gasteiger partial charge in [-0.05, 0) is 23.6 Å². The van der Waals surface area contributed by atoms with Crippen LogP contribution in [0.15, 0.2) is 30.3 Å². The molecule has 2 aromatic rings. The number of amides is 1. The number of rotatable bonds is 3. The molecule has 20 heavy (non-hydrogen) atoms. The first-order valence-corrected chi connectivity index (χ1v) is 6.80. The Labute approximate surface area is 117 Å². The SMILES string of the molecule is CCc1cc(C(=O)NC2c3ccccc3CC2O)n[nH]1. The summed E-state index contributed by atoms with van der Waals surface area (Å²) in [5.41, 5.74) is 3.35. The lowest BCUT2D eigenvalue weighted by atomic mass is 10.1. The lowest BCUT2D eigenvalue weighted by molar-refractivity contribution is 0.0853. The standard InChI is InChI=1S/C15H17N3O2/c1-2-10-8-12(18-17-10)15(20)16-14-11-6-4-3-5-9(11)7-13(14)19/h3-6,8,13-14,19H,2,7H2,1H3,(H,16,20)(H,17,18). The maximum absolute atomic E-state index is 12.2. The van der Waals surface area contributed by atoms with Gasteiger partial charge in [0.2, 0.25) is 0 Å². The number of H-pyrrole nitrogens is 1. The first-order chi connectivity index (χ1) is 9.69. The molecule has 0 aliphatic heterocycles. The summed E-state index contributed by atoms with van der Waals surface area (Å²) in [6.45, 7) is 1.99. The monoisotopic (exact) mass is 271 g/mol. The third kappa shape index (κ3) is 2.20. The van der Waals surface area contributed by atoms with Gasteiger partial charge in [-0.25, -0.2) is 0 Å². The molecule has 1 aromatic carbocycles. The van der Waals surface area contributed by atoms with Crippen LogP contribution in [0.5, 0.6) is 0 Å². The highest BCUT2D eigenvalue weighted by atomic mass is 16.3. The summed E-state index contributed by atoms with van der Waals surface area (Å²) >= 11 is 0. The zero-order valence-electron chi connectivity index (χ0n) is 11.3. The topological polar surface area (TPSA) is 78.0 Å². The molecule has 5 nitrogen and oxygen atoms in total. The Morgan fingerprint density at radius 2 is 2.30 bits per heavy atom. The van der Waals surface area contributed by atoms with Crippen molar-refractivity contribution in [2.24, 2.45) is 0 Å². The predicted octanol–water partition coefficient (Wildman–Crippen LogP) is 1.36. The van der Waals surface area contributed by atoms with E-state index in [1.54, 1.807) is 6.07 Å². The third-order valence-corrected chi connectivity index (χ3v) is 3.74. The van der Waals surface area contributed by atoms with Crippen LogP contribution in [0.3, 0.4) is 0 Å². The number of aryl methyl sites for hydroxylation is 1. The molecule has 2 atom stereocenters. The Hall–Kier alpha value is -2.14. The molecule has 1 amide bonds. The van der Waals surface area contributed by atoms with Crippen LogP contribution in [0.1, 0.15) is 40.3 Å². The molecule has 1 aliphatic carbocycles. The maximum atomic E-state index is 12.2. The second kappa shape index (κ2) is 5.09. The fourth-order valence-corrected chi connectivity index (χ4v) is 2.62. The van der Waals surface area contributed by atoms with Gasteiger partial charge in [-0.1, -0.05) is 31.2 Å². The number of aromatic amines is 1. The number of benzene rings is 1. The molecule has 3 N–H and O–H groups in total. The fraction of sp³-hybridized carbons (Fsp3) is 0.333. The molecule has 0 fully saturated rings. The number of aliphatic hydroxyl groups excluding tert-OH is 1. The van der Waals surface area contributed by atoms with Crippen molar-refractivity contribution in [3.63, 3.8) is 0 Å². The minimum atomic E-state index is -0.582. The van der Waals surface area contributed by atoms with Crippen LogP contribution in [0.4, 0.5) is 0 Å². The second-order valence-electron chi connectivity index (χ2n) is 5.05. The number of hydrogen-bond acceptors (Lipinski definition) is 3. The van der Waals surface area contributed by atoms with Gasteiger partial charge in [0.1, 0.15) is 5.69 Å². The molecule has 0 bridgehead atoms. The minimum Gasteiger partial charge on any atom is -0.390 e. The van der Waals surface area contributed by atoms with Crippen molar-refractivity contribution < 1.29 is 9.90 Å². The molecule has 0 radical (unpaired) electrons. The van der Waals surface area contributed by atoms with Crippen molar-refractivity contribution in [1.82, 2.24) is 15.5 Å². The first kappa shape index (κ1) is 12.9. The Morgan fingerprint density at radius 1 is 1.50 bits per heavy atom. The number of carbonyl (C=O) groups is 1. The first-order valence-electron chi connectivity index (χ1n) is 6.80. The average Bonchev–Trinajstić information content (AvgIpc) is 3.04. The van der Waals surface area contributed by atoms with Crippen LogP contribution >= 0.6 is 0 Å². The number of nitrogens with zero attached hydrogens (tertiary/aromatic N) is 1. The van der Waals surface area contributed by atoms with Gasteiger partial charge in [0, 0.05) is 12.1 Å². The summed E-state index contributed by atoms with van der Waals surface area (Å²) in [5, 5.41) is 19.8. The third-order valence-electron chi connectivity index (χ3n) is 3.74. The van der Waals surface area contributed by atoms with Gasteiger partial charge < -0.3 is 10.4 Å². The van der Waals surface area contributed by atoms with Gasteiger partial charge in [0.05, 0.1) is 12.1 Å². The zero-order valence-corrected chi connectivity index (χ0v) is 11.3. The minimum absolute atomic E-state index is 0.262. The molecule has 1 heterocycles. The van der Waals surface area contributed by atoms with Crippen LogP contribution in [-0.2, 0) is 12.8 Å². The Morgan fingerprint density at radius 3 is 3.05 bits per heavy atom. The van der Waals surface area contributed by atoms with Crippen molar-refractivity contribution in [2.45, 2.75) is 31.9 Å². The highest BCUT2D eigenvalue weighted by Crippen LogP contribution is 2.31. The van der Waals surface area contributed by atoms with Gasteiger partial charge in [-0.3, -0.25) is 9.89 Å². The predicted molar refractivity (Wildman–Crippen MR) is 74.3 cm³/mol. The van der Waals surface area contributed by atoms with E-state index in [9.17, 15) is 9.90 Å². The van der Waals surface area contributed by atoms with E-state index < -0.39 is 6.10 Å². The van der Waals surface area contributed by atoms with Crippen LogP contribution in [0.25, 0.3) is 0 Å². The Balaban J connectivity index is 1.79. The summed E-state index contributed by atoms with van der Waals surface area (Å²) in [7, 11) is 0. The molecule has 1 aliphatic rings. The highest BCUT2D eigenvalue weighted by Gasteiger charge is 2.32. The van der Waals surface area contributed by atoms with E-state index in [-0.39, 0.29) is 11.9 Å². The smallest absolute Gasteiger partial charge is 0.272 e. The molecule has 0 saturated heterocycles. The van der Waals surface area contributed by atoms with Crippen molar-refractivity contribution in [3.05, 3.63) is 52.8 Å². The van der Waals surface area contributed by atoms with E-state index >= 15 is 0 Å². The number of carbonyl (C=O) groups excluding carboxylic acids is 1. The van der Waals surface area contributed by atoms with Gasteiger partial charge >= 0.3 is 0 Å². The molecule has 1 aromatic heterocycles. The van der Waals surface area contributed by atoms with Gasteiger partial charge in [-0.2, -0.15) is 5.10 Å². The van der Waals surface area contributed by atoms with Crippen molar-refractivity contribution in [3.8, 4) is 0 Å². The highest BCUT2D eigenvalue weighted by molar-refractivity contribution is 5.92. The van der Waals surface area contributed by atoms with Gasteiger partial charge in [-0.15, -0.1) is 0 Å². The van der Waals surface area contributed by atoms with E-state index in [1.807, 2.05) is 31.2 Å². The fourth-order valence-electron chi connectivity index (χ4n) is 2.62. The van der Waals surface area contributed by atoms with Crippen LogP contribution in [-0.4, -0.2) is 27.3 Å². The molecule has 0 saturated carbocycles. The molecule has 104 valence electrons. The summed E-state index contributed by atoms with van der Waals surface area (Å²) in [5.74, 6) is -0.262. The van der Waals surface area contributed by atoms with Crippen LogP contribution < -0.4 is 5.32 Å². The molecular weight excluding hydrogens is 254 g/mol. The van der Waals surface area contributed by atoms with E-state index in [1.165, 1.54) is 0 Å². The molecule has 3 rings (SSSR count). The number of nitrogens with one attached hydrogen (secondary N) is 2. The van der Waals surface area contributed by atoms with E-state index in [4.69, 9.17) is 0 Å². The average molecular weight is 271 g/mol. The van der Waals surface area contributed by atoms with Gasteiger partial charge in [0.25, 0.3) is 5.91 Å². The zero-order chi connectivity index (χ0) is 14.1. The molecule has 2 unspecified atom stereocenters. The number of hydrogen-bond donors (Lipinski definition) is 3. The van der Waals surface area contributed by atoms with E-state index in [0.29, 0.717) is 12.1 Å². The summed E-state index contributed by atoms with van der Waals surface area (Å²) in [6.07, 6.45) is 0.790. The summed E-state index contributed by atoms with van der Waals surface area (Å²) < 4.78 is 0. The van der Waals surface area contributed by atoms with E-state index in [0.717, 1.165) is 23.2 Å².